The topological polar surface area (TPSA) is 76.1 Å². The van der Waals surface area contributed by atoms with Gasteiger partial charge in [0.05, 0.1) is 17.5 Å². The molecule has 1 aromatic heterocycles. The summed E-state index contributed by atoms with van der Waals surface area (Å²) < 4.78 is 27.5. The van der Waals surface area contributed by atoms with Gasteiger partial charge in [0.1, 0.15) is 0 Å². The Kier molecular flexibility index (Phi) is 2.86. The van der Waals surface area contributed by atoms with Crippen LogP contribution in [0.25, 0.3) is 22.0 Å². The summed E-state index contributed by atoms with van der Waals surface area (Å²) in [4.78, 5) is 16.9. The average molecular weight is 363 g/mol. The van der Waals surface area contributed by atoms with Gasteiger partial charge in [-0.05, 0) is 35.4 Å². The highest BCUT2D eigenvalue weighted by Gasteiger charge is 2.30. The lowest BCUT2D eigenvalue weighted by atomic mass is 9.91. The second kappa shape index (κ2) is 5.26. The van der Waals surface area contributed by atoms with Gasteiger partial charge in [0.2, 0.25) is 13.6 Å². The summed E-state index contributed by atoms with van der Waals surface area (Å²) in [5.74, 6) is 2.29. The van der Waals surface area contributed by atoms with E-state index in [-0.39, 0.29) is 13.6 Å². The molecule has 2 aromatic carbocycles. The summed E-state index contributed by atoms with van der Waals surface area (Å²) >= 11 is 0. The van der Waals surface area contributed by atoms with Crippen LogP contribution >= 0.6 is 0 Å². The van der Waals surface area contributed by atoms with Gasteiger partial charge in [-0.1, -0.05) is 6.07 Å². The minimum atomic E-state index is -0.405. The summed E-state index contributed by atoms with van der Waals surface area (Å²) in [7, 11) is 0. The monoisotopic (exact) mass is 363 g/mol. The Labute approximate surface area is 153 Å². The zero-order chi connectivity index (χ0) is 18.0. The number of esters is 1. The van der Waals surface area contributed by atoms with Gasteiger partial charge in [-0.2, -0.15) is 0 Å². The molecule has 0 saturated carbocycles. The quantitative estimate of drug-likeness (QED) is 0.615. The third kappa shape index (κ3) is 2.02. The fourth-order valence-corrected chi connectivity index (χ4v) is 3.85. The molecule has 0 atom stereocenters. The van der Waals surface area contributed by atoms with Crippen molar-refractivity contribution in [3.63, 3.8) is 0 Å². The molecular weight excluding hydrogens is 350 g/mol. The number of benzene rings is 2. The van der Waals surface area contributed by atoms with E-state index >= 15 is 0 Å². The van der Waals surface area contributed by atoms with E-state index in [2.05, 4.69) is 4.98 Å². The highest BCUT2D eigenvalue weighted by atomic mass is 16.7. The van der Waals surface area contributed by atoms with Crippen LogP contribution in [0.3, 0.4) is 0 Å². The minimum Gasteiger partial charge on any atom is -0.461 e. The second-order valence-corrected chi connectivity index (χ2v) is 6.46. The van der Waals surface area contributed by atoms with Crippen LogP contribution in [0, 0.1) is 0 Å². The van der Waals surface area contributed by atoms with Gasteiger partial charge < -0.3 is 23.7 Å². The van der Waals surface area contributed by atoms with Gasteiger partial charge in [0.25, 0.3) is 0 Å². The number of ether oxygens (including phenoxy) is 5. The van der Waals surface area contributed by atoms with E-state index in [0.717, 1.165) is 22.1 Å². The molecule has 7 heteroatoms. The first kappa shape index (κ1) is 14.7. The van der Waals surface area contributed by atoms with Crippen LogP contribution in [0.15, 0.2) is 30.3 Å². The highest BCUT2D eigenvalue weighted by molar-refractivity contribution is 6.06. The van der Waals surface area contributed by atoms with Crippen molar-refractivity contribution in [1.82, 2.24) is 4.98 Å². The van der Waals surface area contributed by atoms with Crippen LogP contribution in [0.2, 0.25) is 0 Å². The smallest absolute Gasteiger partial charge is 0.357 e. The van der Waals surface area contributed by atoms with Gasteiger partial charge in [-0.3, -0.25) is 0 Å². The Morgan fingerprint density at radius 3 is 2.63 bits per heavy atom. The third-order valence-corrected chi connectivity index (χ3v) is 5.03. The Morgan fingerprint density at radius 1 is 0.852 bits per heavy atom. The van der Waals surface area contributed by atoms with E-state index < -0.39 is 5.97 Å². The molecule has 4 heterocycles. The van der Waals surface area contributed by atoms with Crippen molar-refractivity contribution in [3.8, 4) is 34.1 Å². The lowest BCUT2D eigenvalue weighted by molar-refractivity contribution is 0.0473. The first-order valence-electron chi connectivity index (χ1n) is 8.62. The van der Waals surface area contributed by atoms with Gasteiger partial charge in [-0.15, -0.1) is 0 Å². The van der Waals surface area contributed by atoms with Crippen LogP contribution in [-0.2, 0) is 11.2 Å². The van der Waals surface area contributed by atoms with E-state index in [1.165, 1.54) is 0 Å². The molecule has 6 rings (SSSR count). The summed E-state index contributed by atoms with van der Waals surface area (Å²) in [6, 6.07) is 9.39. The Bertz CT molecular complexity index is 1140. The number of cyclic esters (lactones) is 1. The molecule has 7 nitrogen and oxygen atoms in total. The zero-order valence-electron chi connectivity index (χ0n) is 14.1. The molecule has 134 valence electrons. The second-order valence-electron chi connectivity index (χ2n) is 6.46. The summed E-state index contributed by atoms with van der Waals surface area (Å²) in [6.45, 7) is 0.684. The van der Waals surface area contributed by atoms with E-state index in [0.29, 0.717) is 47.2 Å². The Hall–Kier alpha value is -3.48. The van der Waals surface area contributed by atoms with Crippen molar-refractivity contribution >= 4 is 16.9 Å². The standard InChI is InChI=1S/C20H13NO6/c22-20-18-11(5-6-23-20)16(10-1-3-13-15(7-10)26-8-24-13)17-12(21-18)2-4-14-19(17)27-9-25-14/h1-4,7H,5-6,8-9H2. The van der Waals surface area contributed by atoms with Crippen LogP contribution in [0.5, 0.6) is 23.0 Å². The minimum absolute atomic E-state index is 0.161. The molecule has 0 radical (unpaired) electrons. The first-order chi connectivity index (χ1) is 13.3. The van der Waals surface area contributed by atoms with Crippen LogP contribution in [0.4, 0.5) is 0 Å². The Balaban J connectivity index is 1.73. The van der Waals surface area contributed by atoms with Crippen molar-refractivity contribution in [2.75, 3.05) is 20.2 Å². The normalized spacial score (nSPS) is 16.4. The van der Waals surface area contributed by atoms with Crippen molar-refractivity contribution in [2.45, 2.75) is 6.42 Å². The number of carbonyl (C=O) groups is 1. The van der Waals surface area contributed by atoms with Gasteiger partial charge in [-0.25, -0.2) is 9.78 Å². The molecule has 0 N–H and O–H groups in total. The number of carbonyl (C=O) groups excluding carboxylic acids is 1. The maximum atomic E-state index is 12.3. The molecule has 3 aliphatic rings. The number of nitrogens with zero attached hydrogens (tertiary/aromatic N) is 1. The maximum absolute atomic E-state index is 12.3. The molecule has 3 aliphatic heterocycles. The molecule has 0 spiro atoms. The lowest BCUT2D eigenvalue weighted by Crippen LogP contribution is -2.20. The van der Waals surface area contributed by atoms with Crippen molar-refractivity contribution < 1.29 is 28.5 Å². The van der Waals surface area contributed by atoms with Gasteiger partial charge in [0, 0.05) is 12.0 Å². The number of fused-ring (bicyclic) bond motifs is 5. The average Bonchev–Trinajstić information content (AvgIpc) is 3.35. The summed E-state index contributed by atoms with van der Waals surface area (Å²) in [5, 5.41) is 0.831. The highest BCUT2D eigenvalue weighted by Crippen LogP contribution is 2.47. The van der Waals surface area contributed by atoms with E-state index in [4.69, 9.17) is 23.7 Å². The van der Waals surface area contributed by atoms with Crippen molar-refractivity contribution in [2.24, 2.45) is 0 Å². The SMILES string of the molecule is O=C1OCCc2c1nc1ccc3c(c1c2-c1ccc2c(c1)OCO2)OCO3. The Morgan fingerprint density at radius 2 is 1.67 bits per heavy atom. The third-order valence-electron chi connectivity index (χ3n) is 5.03. The zero-order valence-corrected chi connectivity index (χ0v) is 14.1. The van der Waals surface area contributed by atoms with Crippen LogP contribution in [-0.4, -0.2) is 31.1 Å². The number of pyridine rings is 1. The molecule has 0 bridgehead atoms. The van der Waals surface area contributed by atoms with Crippen molar-refractivity contribution in [1.29, 1.82) is 0 Å². The molecule has 3 aromatic rings. The predicted octanol–water partition coefficient (Wildman–Crippen LogP) is 3.07. The van der Waals surface area contributed by atoms with E-state index in [1.807, 2.05) is 30.3 Å². The van der Waals surface area contributed by atoms with Crippen molar-refractivity contribution in [3.05, 3.63) is 41.6 Å². The van der Waals surface area contributed by atoms with E-state index in [9.17, 15) is 4.79 Å². The van der Waals surface area contributed by atoms with Gasteiger partial charge >= 0.3 is 5.97 Å². The molecular formula is C20H13NO6. The molecule has 0 fully saturated rings. The molecule has 0 amide bonds. The predicted molar refractivity (Wildman–Crippen MR) is 93.4 cm³/mol. The van der Waals surface area contributed by atoms with E-state index in [1.54, 1.807) is 0 Å². The number of rotatable bonds is 1. The largest absolute Gasteiger partial charge is 0.461 e. The summed E-state index contributed by atoms with van der Waals surface area (Å²) in [5.41, 5.74) is 3.65. The maximum Gasteiger partial charge on any atom is 0.357 e. The number of hydrogen-bond donors (Lipinski definition) is 0. The van der Waals surface area contributed by atoms with Gasteiger partial charge in [0.15, 0.2) is 28.7 Å². The van der Waals surface area contributed by atoms with Crippen LogP contribution in [0.1, 0.15) is 16.1 Å². The molecule has 0 unspecified atom stereocenters. The fraction of sp³-hybridized carbons (Fsp3) is 0.200. The molecule has 0 saturated heterocycles. The van der Waals surface area contributed by atoms with Crippen LogP contribution < -0.4 is 18.9 Å². The first-order valence-corrected chi connectivity index (χ1v) is 8.62. The molecule has 0 aliphatic carbocycles. The number of hydrogen-bond acceptors (Lipinski definition) is 7. The summed E-state index contributed by atoms with van der Waals surface area (Å²) in [6.07, 6.45) is 0.582. The molecule has 27 heavy (non-hydrogen) atoms. The lowest BCUT2D eigenvalue weighted by Gasteiger charge is -2.21. The fourth-order valence-electron chi connectivity index (χ4n) is 3.85. The number of aromatic nitrogens is 1.